The van der Waals surface area contributed by atoms with Crippen molar-refractivity contribution in [2.45, 2.75) is 59.4 Å². The van der Waals surface area contributed by atoms with E-state index < -0.39 is 23.7 Å². The molecule has 10 nitrogen and oxygen atoms in total. The average molecular weight is 623 g/mol. The van der Waals surface area contributed by atoms with E-state index in [2.05, 4.69) is 11.9 Å². The molecule has 11 heteroatoms. The molecule has 0 bridgehead atoms. The molecule has 1 amide bonds. The van der Waals surface area contributed by atoms with E-state index in [4.69, 9.17) is 18.9 Å². The van der Waals surface area contributed by atoms with E-state index in [1.54, 1.807) is 49.4 Å². The van der Waals surface area contributed by atoms with Gasteiger partial charge in [0.05, 0.1) is 44.2 Å². The number of esters is 1. The second-order valence-electron chi connectivity index (χ2n) is 10.1. The molecule has 1 unspecified atom stereocenters. The third kappa shape index (κ3) is 6.88. The van der Waals surface area contributed by atoms with Gasteiger partial charge < -0.3 is 24.1 Å². The minimum Gasteiger partial charge on any atom is -0.507 e. The van der Waals surface area contributed by atoms with Crippen molar-refractivity contribution >= 4 is 39.9 Å². The number of thiazole rings is 1. The molecule has 0 aliphatic carbocycles. The number of hydrogen-bond donors (Lipinski definition) is 1. The summed E-state index contributed by atoms with van der Waals surface area (Å²) in [5.41, 5.74) is 1.06. The van der Waals surface area contributed by atoms with Crippen LogP contribution in [0, 0.1) is 6.92 Å². The van der Waals surface area contributed by atoms with Gasteiger partial charge in [-0.3, -0.25) is 14.5 Å². The average Bonchev–Trinajstić information content (AvgIpc) is 3.54. The highest BCUT2D eigenvalue weighted by Crippen LogP contribution is 2.45. The Morgan fingerprint density at radius 3 is 2.36 bits per heavy atom. The summed E-state index contributed by atoms with van der Waals surface area (Å²) in [5.74, 6) is -1.14. The molecule has 1 N–H and O–H groups in total. The lowest BCUT2D eigenvalue weighted by molar-refractivity contribution is -0.132. The SMILES string of the molecule is CCCCCOc1ccc(C2/C(=C(\O)c3ccc(OCCC)cc3)C(=O)C(=O)N2c2nc(C)c(C(=O)OC)s2)cc1OCC. The molecule has 1 atom stereocenters. The number of unbranched alkanes of at least 4 members (excludes halogenated alkanes) is 2. The zero-order valence-electron chi connectivity index (χ0n) is 25.7. The fourth-order valence-corrected chi connectivity index (χ4v) is 5.83. The number of carbonyl (C=O) groups excluding carboxylic acids is 3. The van der Waals surface area contributed by atoms with Crippen molar-refractivity contribution in [2.24, 2.45) is 0 Å². The Morgan fingerprint density at radius 2 is 1.70 bits per heavy atom. The molecule has 1 saturated heterocycles. The normalized spacial score (nSPS) is 15.8. The minimum atomic E-state index is -1.07. The first-order chi connectivity index (χ1) is 21.2. The van der Waals surface area contributed by atoms with Gasteiger partial charge in [0.15, 0.2) is 16.6 Å². The lowest BCUT2D eigenvalue weighted by Gasteiger charge is -2.24. The number of nitrogens with zero attached hydrogens (tertiary/aromatic N) is 2. The molecule has 1 aliphatic rings. The van der Waals surface area contributed by atoms with E-state index in [9.17, 15) is 19.5 Å². The monoisotopic (exact) mass is 622 g/mol. The van der Waals surface area contributed by atoms with Crippen molar-refractivity contribution in [3.8, 4) is 17.2 Å². The molecule has 234 valence electrons. The Labute approximate surface area is 261 Å². The zero-order valence-corrected chi connectivity index (χ0v) is 26.5. The number of aryl methyl sites for hydroxylation is 1. The van der Waals surface area contributed by atoms with Gasteiger partial charge >= 0.3 is 11.9 Å². The van der Waals surface area contributed by atoms with Crippen LogP contribution in [0.25, 0.3) is 5.76 Å². The fourth-order valence-electron chi connectivity index (χ4n) is 4.81. The first-order valence-electron chi connectivity index (χ1n) is 14.7. The number of ketones is 1. The molecule has 4 rings (SSSR count). The summed E-state index contributed by atoms with van der Waals surface area (Å²) in [7, 11) is 1.26. The summed E-state index contributed by atoms with van der Waals surface area (Å²) >= 11 is 0.937. The van der Waals surface area contributed by atoms with E-state index in [-0.39, 0.29) is 21.3 Å². The van der Waals surface area contributed by atoms with Crippen LogP contribution >= 0.6 is 11.3 Å². The number of aliphatic hydroxyl groups excluding tert-OH is 1. The molecule has 2 aromatic carbocycles. The third-order valence-electron chi connectivity index (χ3n) is 7.00. The molecule has 3 aromatic rings. The number of benzene rings is 2. The number of amides is 1. The number of anilines is 1. The van der Waals surface area contributed by atoms with Crippen LogP contribution < -0.4 is 19.1 Å². The van der Waals surface area contributed by atoms with Crippen molar-refractivity contribution in [3.05, 3.63) is 69.7 Å². The van der Waals surface area contributed by atoms with E-state index in [1.807, 2.05) is 13.8 Å². The van der Waals surface area contributed by atoms with Crippen LogP contribution in [0.15, 0.2) is 48.0 Å². The van der Waals surface area contributed by atoms with Crippen molar-refractivity contribution in [1.82, 2.24) is 4.98 Å². The van der Waals surface area contributed by atoms with Crippen molar-refractivity contribution < 1.29 is 38.4 Å². The van der Waals surface area contributed by atoms with Crippen molar-refractivity contribution in [1.29, 1.82) is 0 Å². The first-order valence-corrected chi connectivity index (χ1v) is 15.6. The second kappa shape index (κ2) is 14.9. The Balaban J connectivity index is 1.86. The predicted molar refractivity (Wildman–Crippen MR) is 168 cm³/mol. The topological polar surface area (TPSA) is 124 Å². The van der Waals surface area contributed by atoms with Gasteiger partial charge in [-0.1, -0.05) is 44.1 Å². The van der Waals surface area contributed by atoms with Crippen LogP contribution in [-0.2, 0) is 14.3 Å². The van der Waals surface area contributed by atoms with Crippen molar-refractivity contribution in [2.75, 3.05) is 31.8 Å². The maximum atomic E-state index is 13.7. The number of aliphatic hydroxyl groups is 1. The Kier molecular flexibility index (Phi) is 11.0. The van der Waals surface area contributed by atoms with Gasteiger partial charge in [-0.25, -0.2) is 9.78 Å². The van der Waals surface area contributed by atoms with Gasteiger partial charge in [0.1, 0.15) is 16.4 Å². The molecule has 44 heavy (non-hydrogen) atoms. The Bertz CT molecular complexity index is 1530. The smallest absolute Gasteiger partial charge is 0.350 e. The van der Waals surface area contributed by atoms with Crippen LogP contribution in [0.4, 0.5) is 5.13 Å². The number of Topliss-reactive ketones (excluding diaryl/α,β-unsaturated/α-hetero) is 1. The molecule has 1 aliphatic heterocycles. The standard InChI is InChI=1S/C33H38N2O8S/c1-6-9-10-18-43-24-16-13-22(19-25(24)41-8-3)27-26(28(36)21-11-14-23(15-12-21)42-17-7-2)29(37)31(38)35(27)33-34-20(4)30(44-33)32(39)40-5/h11-16,19,27,36H,6-10,17-18H2,1-5H3/b28-26+. The highest BCUT2D eigenvalue weighted by atomic mass is 32.1. The van der Waals surface area contributed by atoms with Gasteiger partial charge in [-0.15, -0.1) is 0 Å². The molecule has 0 saturated carbocycles. The predicted octanol–water partition coefficient (Wildman–Crippen LogP) is 6.62. The van der Waals surface area contributed by atoms with Crippen LogP contribution in [0.3, 0.4) is 0 Å². The summed E-state index contributed by atoms with van der Waals surface area (Å²) < 4.78 is 22.4. The zero-order chi connectivity index (χ0) is 31.8. The maximum Gasteiger partial charge on any atom is 0.350 e. The van der Waals surface area contributed by atoms with Gasteiger partial charge in [0, 0.05) is 5.56 Å². The molecule has 0 radical (unpaired) electrons. The largest absolute Gasteiger partial charge is 0.507 e. The van der Waals surface area contributed by atoms with Gasteiger partial charge in [-0.2, -0.15) is 0 Å². The maximum absolute atomic E-state index is 13.7. The van der Waals surface area contributed by atoms with Gasteiger partial charge in [-0.05, 0) is 68.7 Å². The van der Waals surface area contributed by atoms with Crippen LogP contribution in [0.1, 0.15) is 79.0 Å². The highest BCUT2D eigenvalue weighted by Gasteiger charge is 2.48. The summed E-state index contributed by atoms with van der Waals surface area (Å²) in [5, 5.41) is 11.7. The van der Waals surface area contributed by atoms with E-state index >= 15 is 0 Å². The number of hydrogen-bond acceptors (Lipinski definition) is 10. The highest BCUT2D eigenvalue weighted by molar-refractivity contribution is 7.17. The number of aromatic nitrogens is 1. The van der Waals surface area contributed by atoms with Crippen LogP contribution in [-0.4, -0.2) is 54.7 Å². The van der Waals surface area contributed by atoms with Crippen molar-refractivity contribution in [3.63, 3.8) is 0 Å². The van der Waals surface area contributed by atoms with Crippen LogP contribution in [0.5, 0.6) is 17.2 Å². The van der Waals surface area contributed by atoms with Crippen LogP contribution in [0.2, 0.25) is 0 Å². The third-order valence-corrected chi connectivity index (χ3v) is 8.13. The molecular formula is C33H38N2O8S. The lowest BCUT2D eigenvalue weighted by atomic mass is 9.95. The first kappa shape index (κ1) is 32.5. The molecule has 0 spiro atoms. The summed E-state index contributed by atoms with van der Waals surface area (Å²) in [6.45, 7) is 8.99. The Hall–Kier alpha value is -4.38. The van der Waals surface area contributed by atoms with E-state index in [0.29, 0.717) is 53.9 Å². The Morgan fingerprint density at radius 1 is 0.955 bits per heavy atom. The quantitative estimate of drug-likeness (QED) is 0.0694. The summed E-state index contributed by atoms with van der Waals surface area (Å²) in [6, 6.07) is 10.8. The molecular weight excluding hydrogens is 584 g/mol. The van der Waals surface area contributed by atoms with Gasteiger partial charge in [0.25, 0.3) is 5.78 Å². The molecule has 1 fully saturated rings. The molecule has 2 heterocycles. The number of ether oxygens (including phenoxy) is 4. The number of methoxy groups -OCH3 is 1. The number of rotatable bonds is 14. The van der Waals surface area contributed by atoms with E-state index in [1.165, 1.54) is 12.0 Å². The molecule has 1 aromatic heterocycles. The fraction of sp³-hybridized carbons (Fsp3) is 0.394. The number of carbonyl (C=O) groups is 3. The minimum absolute atomic E-state index is 0.121. The second-order valence-corrected chi connectivity index (χ2v) is 11.1. The van der Waals surface area contributed by atoms with Gasteiger partial charge in [0.2, 0.25) is 0 Å². The van der Waals surface area contributed by atoms with E-state index in [0.717, 1.165) is 37.0 Å². The summed E-state index contributed by atoms with van der Waals surface area (Å²) in [6.07, 6.45) is 3.81. The lowest BCUT2D eigenvalue weighted by Crippen LogP contribution is -2.29. The summed E-state index contributed by atoms with van der Waals surface area (Å²) in [4.78, 5) is 45.6.